The first-order valence-electron chi connectivity index (χ1n) is 5.87. The van der Waals surface area contributed by atoms with Crippen LogP contribution < -0.4 is 5.32 Å². The topological polar surface area (TPSA) is 25.2 Å². The summed E-state index contributed by atoms with van der Waals surface area (Å²) in [6.45, 7) is 0.743. The molecule has 1 aliphatic rings. The van der Waals surface area contributed by atoms with E-state index in [4.69, 9.17) is 4.42 Å². The van der Waals surface area contributed by atoms with Gasteiger partial charge in [-0.05, 0) is 30.5 Å². The summed E-state index contributed by atoms with van der Waals surface area (Å²) in [4.78, 5) is 0. The van der Waals surface area contributed by atoms with Crippen LogP contribution in [0.3, 0.4) is 0 Å². The molecule has 2 nitrogen and oxygen atoms in total. The number of nitrogens with one attached hydrogen (secondary N) is 1. The Morgan fingerprint density at radius 2 is 2.18 bits per heavy atom. The van der Waals surface area contributed by atoms with E-state index in [-0.39, 0.29) is 5.82 Å². The predicted molar refractivity (Wildman–Crippen MR) is 64.0 cm³/mol. The first kappa shape index (κ1) is 10.5. The zero-order valence-electron chi connectivity index (χ0n) is 9.45. The standard InChI is InChI=1S/C14H14FNO/c15-14-7-10(8-16-12-2-3-12)1-4-13(14)11-5-6-17-9-11/h1,4-7,9,12,16H,2-3,8H2. The van der Waals surface area contributed by atoms with Crippen LogP contribution in [0.25, 0.3) is 11.1 Å². The van der Waals surface area contributed by atoms with E-state index in [2.05, 4.69) is 5.32 Å². The Kier molecular flexibility index (Phi) is 2.69. The van der Waals surface area contributed by atoms with E-state index in [0.29, 0.717) is 11.6 Å². The van der Waals surface area contributed by atoms with Gasteiger partial charge in [0, 0.05) is 23.7 Å². The summed E-state index contributed by atoms with van der Waals surface area (Å²) in [6.07, 6.45) is 5.60. The van der Waals surface area contributed by atoms with Crippen molar-refractivity contribution < 1.29 is 8.81 Å². The molecule has 0 saturated heterocycles. The molecule has 0 bridgehead atoms. The molecule has 1 N–H and O–H groups in total. The maximum Gasteiger partial charge on any atom is 0.131 e. The van der Waals surface area contributed by atoms with Gasteiger partial charge in [0.05, 0.1) is 12.5 Å². The second kappa shape index (κ2) is 4.34. The van der Waals surface area contributed by atoms with Gasteiger partial charge in [-0.3, -0.25) is 0 Å². The first-order chi connectivity index (χ1) is 8.33. The van der Waals surface area contributed by atoms with Gasteiger partial charge < -0.3 is 9.73 Å². The van der Waals surface area contributed by atoms with Gasteiger partial charge in [-0.25, -0.2) is 4.39 Å². The highest BCUT2D eigenvalue weighted by Crippen LogP contribution is 2.24. The molecule has 3 heteroatoms. The minimum atomic E-state index is -0.193. The largest absolute Gasteiger partial charge is 0.472 e. The average molecular weight is 231 g/mol. The summed E-state index contributed by atoms with van der Waals surface area (Å²) in [6, 6.07) is 7.77. The number of rotatable bonds is 4. The molecule has 1 heterocycles. The van der Waals surface area contributed by atoms with E-state index in [0.717, 1.165) is 17.7 Å². The zero-order chi connectivity index (χ0) is 11.7. The molecule has 0 aliphatic heterocycles. The van der Waals surface area contributed by atoms with Crippen LogP contribution in [-0.2, 0) is 6.54 Å². The summed E-state index contributed by atoms with van der Waals surface area (Å²) in [5.74, 6) is -0.193. The Balaban J connectivity index is 1.78. The van der Waals surface area contributed by atoms with Crippen molar-refractivity contribution in [3.8, 4) is 11.1 Å². The second-order valence-electron chi connectivity index (χ2n) is 4.48. The van der Waals surface area contributed by atoms with Crippen molar-refractivity contribution >= 4 is 0 Å². The van der Waals surface area contributed by atoms with Crippen molar-refractivity contribution in [2.45, 2.75) is 25.4 Å². The van der Waals surface area contributed by atoms with E-state index < -0.39 is 0 Å². The summed E-state index contributed by atoms with van der Waals surface area (Å²) >= 11 is 0. The number of halogens is 1. The molecule has 1 aliphatic carbocycles. The summed E-state index contributed by atoms with van der Waals surface area (Å²) in [5.41, 5.74) is 2.36. The second-order valence-corrected chi connectivity index (χ2v) is 4.48. The van der Waals surface area contributed by atoms with Crippen LogP contribution in [-0.4, -0.2) is 6.04 Å². The first-order valence-corrected chi connectivity index (χ1v) is 5.87. The molecule has 17 heavy (non-hydrogen) atoms. The highest BCUT2D eigenvalue weighted by atomic mass is 19.1. The van der Waals surface area contributed by atoms with Gasteiger partial charge in [-0.1, -0.05) is 12.1 Å². The fraction of sp³-hybridized carbons (Fsp3) is 0.286. The SMILES string of the molecule is Fc1cc(CNC2CC2)ccc1-c1ccoc1. The van der Waals surface area contributed by atoms with Gasteiger partial charge in [-0.2, -0.15) is 0 Å². The van der Waals surface area contributed by atoms with Crippen molar-refractivity contribution in [1.29, 1.82) is 0 Å². The van der Waals surface area contributed by atoms with E-state index in [1.54, 1.807) is 24.7 Å². The monoisotopic (exact) mass is 231 g/mol. The number of furan rings is 1. The Morgan fingerprint density at radius 1 is 1.29 bits per heavy atom. The molecule has 1 fully saturated rings. The summed E-state index contributed by atoms with van der Waals surface area (Å²) in [7, 11) is 0. The van der Waals surface area contributed by atoms with Crippen LogP contribution in [0.5, 0.6) is 0 Å². The van der Waals surface area contributed by atoms with Crippen molar-refractivity contribution in [2.75, 3.05) is 0 Å². The van der Waals surface area contributed by atoms with Crippen LogP contribution in [0.2, 0.25) is 0 Å². The van der Waals surface area contributed by atoms with E-state index in [9.17, 15) is 4.39 Å². The van der Waals surface area contributed by atoms with Gasteiger partial charge in [0.15, 0.2) is 0 Å². The number of benzene rings is 1. The number of hydrogen-bond acceptors (Lipinski definition) is 2. The minimum absolute atomic E-state index is 0.193. The molecule has 0 unspecified atom stereocenters. The van der Waals surface area contributed by atoms with Gasteiger partial charge in [0.2, 0.25) is 0 Å². The third kappa shape index (κ3) is 2.39. The average Bonchev–Trinajstić information content (AvgIpc) is 3.01. The normalized spacial score (nSPS) is 15.1. The lowest BCUT2D eigenvalue weighted by Gasteiger charge is -2.05. The Hall–Kier alpha value is -1.61. The van der Waals surface area contributed by atoms with Gasteiger partial charge in [-0.15, -0.1) is 0 Å². The smallest absolute Gasteiger partial charge is 0.131 e. The van der Waals surface area contributed by atoms with Crippen LogP contribution in [0.15, 0.2) is 41.2 Å². The van der Waals surface area contributed by atoms with Gasteiger partial charge >= 0.3 is 0 Å². The maximum atomic E-state index is 13.9. The molecule has 88 valence electrons. The molecular weight excluding hydrogens is 217 g/mol. The van der Waals surface area contributed by atoms with Crippen molar-refractivity contribution in [1.82, 2.24) is 5.32 Å². The molecule has 0 amide bonds. The summed E-state index contributed by atoms with van der Waals surface area (Å²) in [5, 5.41) is 3.37. The lowest BCUT2D eigenvalue weighted by atomic mass is 10.1. The molecule has 0 radical (unpaired) electrons. The zero-order valence-corrected chi connectivity index (χ0v) is 9.45. The summed E-state index contributed by atoms with van der Waals surface area (Å²) < 4.78 is 18.8. The molecule has 0 spiro atoms. The number of hydrogen-bond donors (Lipinski definition) is 1. The third-order valence-electron chi connectivity index (χ3n) is 3.04. The molecule has 2 aromatic rings. The maximum absolute atomic E-state index is 13.9. The lowest BCUT2D eigenvalue weighted by molar-refractivity contribution is 0.567. The Bertz CT molecular complexity index is 503. The third-order valence-corrected chi connectivity index (χ3v) is 3.04. The van der Waals surface area contributed by atoms with Crippen molar-refractivity contribution in [3.05, 3.63) is 48.2 Å². The fourth-order valence-corrected chi connectivity index (χ4v) is 1.87. The van der Waals surface area contributed by atoms with E-state index in [1.807, 2.05) is 12.1 Å². The van der Waals surface area contributed by atoms with Crippen molar-refractivity contribution in [2.24, 2.45) is 0 Å². The Morgan fingerprint density at radius 3 is 2.82 bits per heavy atom. The van der Waals surface area contributed by atoms with E-state index in [1.165, 1.54) is 12.8 Å². The van der Waals surface area contributed by atoms with Gasteiger partial charge in [0.25, 0.3) is 0 Å². The Labute approximate surface area is 99.5 Å². The van der Waals surface area contributed by atoms with Crippen molar-refractivity contribution in [3.63, 3.8) is 0 Å². The highest BCUT2D eigenvalue weighted by molar-refractivity contribution is 5.63. The fourth-order valence-electron chi connectivity index (χ4n) is 1.87. The minimum Gasteiger partial charge on any atom is -0.472 e. The highest BCUT2D eigenvalue weighted by Gasteiger charge is 2.20. The van der Waals surface area contributed by atoms with E-state index >= 15 is 0 Å². The quantitative estimate of drug-likeness (QED) is 0.873. The molecular formula is C14H14FNO. The predicted octanol–water partition coefficient (Wildman–Crippen LogP) is 3.34. The van der Waals surface area contributed by atoms with Crippen LogP contribution in [0.4, 0.5) is 4.39 Å². The van der Waals surface area contributed by atoms with Crippen LogP contribution in [0, 0.1) is 5.82 Å². The molecule has 1 saturated carbocycles. The molecule has 3 rings (SSSR count). The van der Waals surface area contributed by atoms with Crippen LogP contribution >= 0.6 is 0 Å². The molecule has 1 aromatic heterocycles. The van der Waals surface area contributed by atoms with Crippen LogP contribution in [0.1, 0.15) is 18.4 Å². The van der Waals surface area contributed by atoms with Gasteiger partial charge in [0.1, 0.15) is 5.82 Å². The molecule has 1 aromatic carbocycles. The molecule has 0 atom stereocenters. The lowest BCUT2D eigenvalue weighted by Crippen LogP contribution is -2.15.